The molecule has 3 aromatic rings. The van der Waals surface area contributed by atoms with Crippen molar-refractivity contribution in [2.24, 2.45) is 7.05 Å². The van der Waals surface area contributed by atoms with Gasteiger partial charge in [-0.15, -0.1) is 0 Å². The van der Waals surface area contributed by atoms with Crippen molar-refractivity contribution >= 4 is 11.7 Å². The maximum atomic E-state index is 14.0. The molecule has 148 valence electrons. The van der Waals surface area contributed by atoms with Crippen molar-refractivity contribution in [2.45, 2.75) is 32.2 Å². The van der Waals surface area contributed by atoms with Crippen molar-refractivity contribution in [3.63, 3.8) is 0 Å². The number of aromatic nitrogens is 2. The predicted octanol–water partition coefficient (Wildman–Crippen LogP) is 3.23. The number of rotatable bonds is 3. The summed E-state index contributed by atoms with van der Waals surface area (Å²) in [5.41, 5.74) is 4.56. The molecule has 0 bridgehead atoms. The fourth-order valence-corrected chi connectivity index (χ4v) is 4.20. The van der Waals surface area contributed by atoms with E-state index in [9.17, 15) is 14.0 Å². The first-order chi connectivity index (χ1) is 13.8. The molecule has 2 atom stereocenters. The van der Waals surface area contributed by atoms with E-state index in [2.05, 4.69) is 10.4 Å². The van der Waals surface area contributed by atoms with Gasteiger partial charge in [0.05, 0.1) is 18.2 Å². The lowest BCUT2D eigenvalue weighted by atomic mass is 9.76. The summed E-state index contributed by atoms with van der Waals surface area (Å²) < 4.78 is 15.7. The third-order valence-electron chi connectivity index (χ3n) is 5.50. The number of carbonyl (C=O) groups excluding carboxylic acids is 2. The standard InChI is InChI=1S/C23H22FN3O2/c1-13-6-4-8-16(10-13)23(29)25-22-19(28)12-18-20(14(2)26-27(18)3)21(22)15-7-5-9-17(24)11-15/h4-11,21-22H,12H2,1-3H3,(H,25,29)/t21-,22-/m1/s1. The number of ketones is 1. The zero-order valence-electron chi connectivity index (χ0n) is 16.6. The molecule has 1 heterocycles. The van der Waals surface area contributed by atoms with Crippen LogP contribution in [0.3, 0.4) is 0 Å². The summed E-state index contributed by atoms with van der Waals surface area (Å²) in [6.07, 6.45) is 0.178. The van der Waals surface area contributed by atoms with Crippen LogP contribution in [0, 0.1) is 19.7 Å². The Morgan fingerprint density at radius 2 is 1.93 bits per heavy atom. The van der Waals surface area contributed by atoms with Gasteiger partial charge in [0.25, 0.3) is 5.91 Å². The van der Waals surface area contributed by atoms with E-state index in [0.717, 1.165) is 22.5 Å². The molecule has 0 fully saturated rings. The zero-order chi connectivity index (χ0) is 20.7. The number of halogens is 1. The molecule has 6 heteroatoms. The number of nitrogens with one attached hydrogen (secondary N) is 1. The highest BCUT2D eigenvalue weighted by atomic mass is 19.1. The number of fused-ring (bicyclic) bond motifs is 1. The second-order valence-corrected chi connectivity index (χ2v) is 7.57. The summed E-state index contributed by atoms with van der Waals surface area (Å²) in [5.74, 6) is -1.31. The SMILES string of the molecule is Cc1cccc(C(=O)N[C@@H]2C(=O)Cc3c(c(C)nn3C)[C@H]2c2cccc(F)c2)c1. The Kier molecular flexibility index (Phi) is 4.78. The van der Waals surface area contributed by atoms with Gasteiger partial charge in [-0.3, -0.25) is 14.3 Å². The molecule has 29 heavy (non-hydrogen) atoms. The van der Waals surface area contributed by atoms with Crippen LogP contribution in [0.2, 0.25) is 0 Å². The van der Waals surface area contributed by atoms with Crippen LogP contribution in [-0.4, -0.2) is 27.5 Å². The molecule has 0 radical (unpaired) electrons. The smallest absolute Gasteiger partial charge is 0.251 e. The number of hydrogen-bond donors (Lipinski definition) is 1. The molecule has 0 saturated heterocycles. The molecule has 1 amide bonds. The second kappa shape index (κ2) is 7.28. The molecule has 1 aromatic heterocycles. The van der Waals surface area contributed by atoms with Gasteiger partial charge in [0.15, 0.2) is 5.78 Å². The molecule has 0 spiro atoms. The van der Waals surface area contributed by atoms with Gasteiger partial charge in [-0.05, 0) is 43.7 Å². The molecule has 1 aliphatic rings. The first-order valence-corrected chi connectivity index (χ1v) is 9.53. The van der Waals surface area contributed by atoms with E-state index in [-0.39, 0.29) is 23.9 Å². The highest BCUT2D eigenvalue weighted by molar-refractivity contribution is 5.99. The highest BCUT2D eigenvalue weighted by Crippen LogP contribution is 2.37. The van der Waals surface area contributed by atoms with E-state index in [1.807, 2.05) is 19.9 Å². The van der Waals surface area contributed by atoms with Gasteiger partial charge in [0.1, 0.15) is 5.82 Å². The third-order valence-corrected chi connectivity index (χ3v) is 5.50. The quantitative estimate of drug-likeness (QED) is 0.746. The number of carbonyl (C=O) groups is 2. The Morgan fingerprint density at radius 1 is 1.17 bits per heavy atom. The van der Waals surface area contributed by atoms with Crippen LogP contribution in [0.5, 0.6) is 0 Å². The van der Waals surface area contributed by atoms with Crippen LogP contribution < -0.4 is 5.32 Å². The molecule has 4 rings (SSSR count). The van der Waals surface area contributed by atoms with Crippen LogP contribution in [0.25, 0.3) is 0 Å². The molecular formula is C23H22FN3O2. The first kappa shape index (κ1) is 19.1. The van der Waals surface area contributed by atoms with Gasteiger partial charge in [0.2, 0.25) is 0 Å². The molecule has 1 N–H and O–H groups in total. The molecule has 2 aromatic carbocycles. The van der Waals surface area contributed by atoms with Crippen molar-refractivity contribution in [2.75, 3.05) is 0 Å². The van der Waals surface area contributed by atoms with Crippen molar-refractivity contribution in [3.05, 3.63) is 88.0 Å². The summed E-state index contributed by atoms with van der Waals surface area (Å²) in [5, 5.41) is 7.38. The Hall–Kier alpha value is -3.28. The third kappa shape index (κ3) is 3.46. The Balaban J connectivity index is 1.79. The molecule has 0 unspecified atom stereocenters. The second-order valence-electron chi connectivity index (χ2n) is 7.57. The van der Waals surface area contributed by atoms with Crippen LogP contribution >= 0.6 is 0 Å². The van der Waals surface area contributed by atoms with Crippen molar-refractivity contribution in [1.82, 2.24) is 15.1 Å². The minimum absolute atomic E-state index is 0.115. The lowest BCUT2D eigenvalue weighted by Crippen LogP contribution is -2.48. The van der Waals surface area contributed by atoms with Gasteiger partial charge < -0.3 is 5.32 Å². The summed E-state index contributed by atoms with van der Waals surface area (Å²) in [4.78, 5) is 26.0. The minimum Gasteiger partial charge on any atom is -0.341 e. The molecular weight excluding hydrogens is 369 g/mol. The van der Waals surface area contributed by atoms with Gasteiger partial charge >= 0.3 is 0 Å². The number of Topliss-reactive ketones (excluding diaryl/α,β-unsaturated/α-hetero) is 1. The lowest BCUT2D eigenvalue weighted by molar-refractivity contribution is -0.121. The first-order valence-electron chi connectivity index (χ1n) is 9.53. The van der Waals surface area contributed by atoms with Gasteiger partial charge in [0, 0.05) is 29.8 Å². The maximum absolute atomic E-state index is 14.0. The summed E-state index contributed by atoms with van der Waals surface area (Å²) in [6, 6.07) is 12.6. The zero-order valence-corrected chi connectivity index (χ0v) is 16.6. The van der Waals surface area contributed by atoms with E-state index >= 15 is 0 Å². The monoisotopic (exact) mass is 391 g/mol. The number of amides is 1. The van der Waals surface area contributed by atoms with Crippen molar-refractivity contribution < 1.29 is 14.0 Å². The highest BCUT2D eigenvalue weighted by Gasteiger charge is 2.41. The number of hydrogen-bond acceptors (Lipinski definition) is 3. The van der Waals surface area contributed by atoms with E-state index < -0.39 is 12.0 Å². The fourth-order valence-electron chi connectivity index (χ4n) is 4.20. The van der Waals surface area contributed by atoms with E-state index in [4.69, 9.17) is 0 Å². The Morgan fingerprint density at radius 3 is 2.66 bits per heavy atom. The van der Waals surface area contributed by atoms with Gasteiger partial charge in [-0.2, -0.15) is 5.10 Å². The summed E-state index contributed by atoms with van der Waals surface area (Å²) >= 11 is 0. The fraction of sp³-hybridized carbons (Fsp3) is 0.261. The van der Waals surface area contributed by atoms with Gasteiger partial charge in [-0.1, -0.05) is 29.8 Å². The lowest BCUT2D eigenvalue weighted by Gasteiger charge is -2.32. The summed E-state index contributed by atoms with van der Waals surface area (Å²) in [6.45, 7) is 3.78. The number of aryl methyl sites for hydroxylation is 3. The van der Waals surface area contributed by atoms with Crippen LogP contribution in [0.15, 0.2) is 48.5 Å². The topological polar surface area (TPSA) is 64.0 Å². The Bertz CT molecular complexity index is 1120. The van der Waals surface area contributed by atoms with Crippen LogP contribution in [0.4, 0.5) is 4.39 Å². The van der Waals surface area contributed by atoms with E-state index in [0.29, 0.717) is 11.1 Å². The Labute approximate surface area is 168 Å². The predicted molar refractivity (Wildman–Crippen MR) is 107 cm³/mol. The van der Waals surface area contributed by atoms with Gasteiger partial charge in [-0.25, -0.2) is 4.39 Å². The molecule has 5 nitrogen and oxygen atoms in total. The maximum Gasteiger partial charge on any atom is 0.251 e. The largest absolute Gasteiger partial charge is 0.341 e. The van der Waals surface area contributed by atoms with Crippen molar-refractivity contribution in [1.29, 1.82) is 0 Å². The van der Waals surface area contributed by atoms with E-state index in [1.165, 1.54) is 12.1 Å². The van der Waals surface area contributed by atoms with Crippen molar-refractivity contribution in [3.8, 4) is 0 Å². The van der Waals surface area contributed by atoms with Crippen LogP contribution in [-0.2, 0) is 18.3 Å². The van der Waals surface area contributed by atoms with Crippen LogP contribution in [0.1, 0.15) is 44.4 Å². The molecule has 0 aliphatic heterocycles. The molecule has 1 aliphatic carbocycles. The number of nitrogens with zero attached hydrogens (tertiary/aromatic N) is 2. The number of benzene rings is 2. The normalized spacial score (nSPS) is 18.4. The van der Waals surface area contributed by atoms with E-state index in [1.54, 1.807) is 42.1 Å². The average Bonchev–Trinajstić information content (AvgIpc) is 2.95. The average molecular weight is 391 g/mol. The molecule has 0 saturated carbocycles. The minimum atomic E-state index is -0.791. The summed E-state index contributed by atoms with van der Waals surface area (Å²) in [7, 11) is 1.80.